The smallest absolute Gasteiger partial charge is 0.282 e. The number of hydrogen-bond acceptors (Lipinski definition) is 6. The number of thiophene rings is 1. The molecule has 176 valence electrons. The van der Waals surface area contributed by atoms with E-state index in [0.717, 1.165) is 52.8 Å². The van der Waals surface area contributed by atoms with Crippen LogP contribution in [0.15, 0.2) is 36.0 Å². The molecule has 0 spiro atoms. The Hall–Kier alpha value is -2.07. The lowest BCUT2D eigenvalue weighted by molar-refractivity contribution is 0.259. The van der Waals surface area contributed by atoms with E-state index in [-0.39, 0.29) is 6.04 Å². The monoisotopic (exact) mass is 485 g/mol. The number of rotatable bonds is 5. The minimum Gasteiger partial charge on any atom is -0.353 e. The molecule has 0 unspecified atom stereocenters. The van der Waals surface area contributed by atoms with E-state index in [4.69, 9.17) is 0 Å². The first kappa shape index (κ1) is 22.7. The van der Waals surface area contributed by atoms with E-state index >= 15 is 0 Å². The minimum absolute atomic E-state index is 0.131. The second-order valence-corrected chi connectivity index (χ2v) is 11.9. The highest BCUT2D eigenvalue weighted by atomic mass is 32.2. The van der Waals surface area contributed by atoms with Gasteiger partial charge in [-0.15, -0.1) is 11.3 Å². The lowest BCUT2D eigenvalue weighted by Crippen LogP contribution is -2.54. The zero-order valence-electron chi connectivity index (χ0n) is 19.3. The average molecular weight is 486 g/mol. The van der Waals surface area contributed by atoms with Gasteiger partial charge in [-0.3, -0.25) is 0 Å². The summed E-state index contributed by atoms with van der Waals surface area (Å²) in [5, 5.41) is 3.20. The van der Waals surface area contributed by atoms with E-state index in [1.54, 1.807) is 33.3 Å². The second-order valence-electron chi connectivity index (χ2n) is 9.09. The third-order valence-corrected chi connectivity index (χ3v) is 9.96. The summed E-state index contributed by atoms with van der Waals surface area (Å²) >= 11 is 1.62. The second kappa shape index (κ2) is 9.29. The van der Waals surface area contributed by atoms with Crippen LogP contribution in [0.4, 0.5) is 5.82 Å². The predicted molar refractivity (Wildman–Crippen MR) is 135 cm³/mol. The quantitative estimate of drug-likeness (QED) is 0.539. The molecular weight excluding hydrogens is 454 g/mol. The van der Waals surface area contributed by atoms with Gasteiger partial charge in [0.15, 0.2) is 0 Å². The third kappa shape index (κ3) is 4.39. The highest BCUT2D eigenvalue weighted by molar-refractivity contribution is 7.86. The summed E-state index contributed by atoms with van der Waals surface area (Å²) < 4.78 is 29.8. The van der Waals surface area contributed by atoms with Crippen molar-refractivity contribution < 1.29 is 8.42 Å². The van der Waals surface area contributed by atoms with Gasteiger partial charge in [0.05, 0.1) is 5.39 Å². The molecule has 1 aromatic carbocycles. The van der Waals surface area contributed by atoms with E-state index < -0.39 is 10.2 Å². The Kier molecular flexibility index (Phi) is 6.39. The van der Waals surface area contributed by atoms with Gasteiger partial charge in [0.2, 0.25) is 0 Å². The Morgan fingerprint density at radius 3 is 2.39 bits per heavy atom. The summed E-state index contributed by atoms with van der Waals surface area (Å²) in [5.41, 5.74) is 3.51. The van der Waals surface area contributed by atoms with Crippen LogP contribution in [0.25, 0.3) is 21.3 Å². The number of benzene rings is 1. The summed E-state index contributed by atoms with van der Waals surface area (Å²) in [7, 11) is -1.69. The van der Waals surface area contributed by atoms with Crippen LogP contribution < -0.4 is 4.90 Å². The van der Waals surface area contributed by atoms with Crippen LogP contribution in [0.2, 0.25) is 0 Å². The molecule has 3 heterocycles. The van der Waals surface area contributed by atoms with Gasteiger partial charge in [0.1, 0.15) is 17.0 Å². The summed E-state index contributed by atoms with van der Waals surface area (Å²) in [4.78, 5) is 12.3. The van der Waals surface area contributed by atoms with Crippen molar-refractivity contribution in [3.05, 3.63) is 41.5 Å². The molecule has 1 aliphatic heterocycles. The normalized spacial score (nSPS) is 18.9. The summed E-state index contributed by atoms with van der Waals surface area (Å²) in [5.74, 6) is 0.898. The maximum atomic E-state index is 13.3. The van der Waals surface area contributed by atoms with Crippen molar-refractivity contribution >= 4 is 37.6 Å². The Bertz CT molecular complexity index is 1210. The van der Waals surface area contributed by atoms with E-state index in [0.29, 0.717) is 26.2 Å². The van der Waals surface area contributed by atoms with Gasteiger partial charge in [-0.2, -0.15) is 17.0 Å². The van der Waals surface area contributed by atoms with Crippen LogP contribution in [0.3, 0.4) is 0 Å². The molecule has 3 aromatic rings. The number of hydrogen-bond donors (Lipinski definition) is 0. The zero-order valence-corrected chi connectivity index (χ0v) is 20.9. The van der Waals surface area contributed by atoms with Crippen molar-refractivity contribution in [3.8, 4) is 11.1 Å². The SMILES string of the molecule is Cc1ccc(-c2csc3ncnc(N4CCN(S(=O)(=O)N(C)C5CCCCC5)CC4)c23)cc1. The molecule has 7 nitrogen and oxygen atoms in total. The maximum absolute atomic E-state index is 13.3. The number of aryl methyl sites for hydroxylation is 1. The van der Waals surface area contributed by atoms with Crippen LogP contribution in [0, 0.1) is 6.92 Å². The molecule has 0 amide bonds. The fourth-order valence-corrected chi connectivity index (χ4v) is 7.48. The minimum atomic E-state index is -3.44. The highest BCUT2D eigenvalue weighted by Gasteiger charge is 2.35. The Morgan fingerprint density at radius 1 is 1.00 bits per heavy atom. The Morgan fingerprint density at radius 2 is 1.70 bits per heavy atom. The lowest BCUT2D eigenvalue weighted by atomic mass is 9.96. The molecule has 0 N–H and O–H groups in total. The van der Waals surface area contributed by atoms with Crippen molar-refractivity contribution in [3.63, 3.8) is 0 Å². The van der Waals surface area contributed by atoms with Gasteiger partial charge >= 0.3 is 0 Å². The van der Waals surface area contributed by atoms with Crippen LogP contribution >= 0.6 is 11.3 Å². The zero-order chi connectivity index (χ0) is 23.0. The molecule has 0 radical (unpaired) electrons. The topological polar surface area (TPSA) is 69.6 Å². The first-order valence-corrected chi connectivity index (χ1v) is 14.0. The predicted octanol–water partition coefficient (Wildman–Crippen LogP) is 4.30. The molecule has 9 heteroatoms. The van der Waals surface area contributed by atoms with Crippen LogP contribution in [-0.2, 0) is 10.2 Å². The molecule has 5 rings (SSSR count). The first-order valence-electron chi connectivity index (χ1n) is 11.7. The number of nitrogens with zero attached hydrogens (tertiary/aromatic N) is 5. The molecule has 2 fully saturated rings. The van der Waals surface area contributed by atoms with Gasteiger partial charge in [0.25, 0.3) is 10.2 Å². The highest BCUT2D eigenvalue weighted by Crippen LogP contribution is 2.38. The van der Waals surface area contributed by atoms with Crippen molar-refractivity contribution in [2.24, 2.45) is 0 Å². The first-order chi connectivity index (χ1) is 15.9. The molecule has 1 saturated heterocycles. The Labute approximate surface area is 200 Å². The fraction of sp³-hybridized carbons (Fsp3) is 0.500. The van der Waals surface area contributed by atoms with Crippen LogP contribution in [-0.4, -0.2) is 66.3 Å². The molecule has 0 bridgehead atoms. The number of aromatic nitrogens is 2. The number of piperazine rings is 1. The molecule has 2 aromatic heterocycles. The van der Waals surface area contributed by atoms with Gasteiger partial charge < -0.3 is 4.90 Å². The average Bonchev–Trinajstić information content (AvgIpc) is 3.29. The van der Waals surface area contributed by atoms with Crippen molar-refractivity contribution in [1.29, 1.82) is 0 Å². The fourth-order valence-electron chi connectivity index (χ4n) is 4.99. The lowest BCUT2D eigenvalue weighted by Gasteiger charge is -2.39. The summed E-state index contributed by atoms with van der Waals surface area (Å²) in [6, 6.07) is 8.65. The number of anilines is 1. The summed E-state index contributed by atoms with van der Waals surface area (Å²) in [6.07, 6.45) is 7.00. The van der Waals surface area contributed by atoms with Crippen LogP contribution in [0.1, 0.15) is 37.7 Å². The van der Waals surface area contributed by atoms with Gasteiger partial charge in [-0.05, 0) is 25.3 Å². The molecule has 1 aliphatic carbocycles. The standard InChI is InChI=1S/C24H31N5O2S2/c1-18-8-10-19(11-9-18)21-16-32-24-22(21)23(25-17-26-24)28-12-14-29(15-13-28)33(30,31)27(2)20-6-4-3-5-7-20/h8-11,16-17,20H,3-7,12-15H2,1-2H3. The van der Waals surface area contributed by atoms with Crippen LogP contribution in [0.5, 0.6) is 0 Å². The molecule has 0 atom stereocenters. The molecule has 33 heavy (non-hydrogen) atoms. The van der Waals surface area contributed by atoms with Crippen molar-refractivity contribution in [2.45, 2.75) is 45.1 Å². The Balaban J connectivity index is 1.36. The third-order valence-electron chi connectivity index (χ3n) is 7.03. The van der Waals surface area contributed by atoms with Gasteiger partial charge in [0, 0.05) is 50.2 Å². The number of fused-ring (bicyclic) bond motifs is 1. The van der Waals surface area contributed by atoms with Gasteiger partial charge in [-0.25, -0.2) is 9.97 Å². The van der Waals surface area contributed by atoms with E-state index in [1.807, 2.05) is 0 Å². The van der Waals surface area contributed by atoms with Crippen molar-refractivity contribution in [2.75, 3.05) is 38.1 Å². The molecule has 1 saturated carbocycles. The molecule has 2 aliphatic rings. The van der Waals surface area contributed by atoms with E-state index in [9.17, 15) is 8.42 Å². The van der Waals surface area contributed by atoms with Gasteiger partial charge in [-0.1, -0.05) is 49.1 Å². The maximum Gasteiger partial charge on any atom is 0.282 e. The van der Waals surface area contributed by atoms with E-state index in [1.165, 1.54) is 12.0 Å². The summed E-state index contributed by atoms with van der Waals surface area (Å²) in [6.45, 7) is 4.26. The van der Waals surface area contributed by atoms with E-state index in [2.05, 4.69) is 51.4 Å². The largest absolute Gasteiger partial charge is 0.353 e. The van der Waals surface area contributed by atoms with Crippen molar-refractivity contribution in [1.82, 2.24) is 18.6 Å². The molecular formula is C24H31N5O2S2.